The average molecular weight is 632 g/mol. The van der Waals surface area contributed by atoms with Gasteiger partial charge in [0.25, 0.3) is 5.89 Å². The van der Waals surface area contributed by atoms with Crippen LogP contribution in [-0.4, -0.2) is 86.0 Å². The van der Waals surface area contributed by atoms with Crippen molar-refractivity contribution in [3.8, 4) is 29.5 Å². The van der Waals surface area contributed by atoms with Crippen LogP contribution in [0.4, 0.5) is 4.79 Å². The summed E-state index contributed by atoms with van der Waals surface area (Å²) in [6.45, 7) is 13.0. The molecule has 0 unspecified atom stereocenters. The normalized spacial score (nSPS) is 21.4. The zero-order valence-electron chi connectivity index (χ0n) is 27.9. The molecule has 1 aromatic carbocycles. The number of benzene rings is 1. The van der Waals surface area contributed by atoms with Gasteiger partial charge < -0.3 is 23.6 Å². The Labute approximate surface area is 271 Å². The van der Waals surface area contributed by atoms with Gasteiger partial charge in [0.2, 0.25) is 17.6 Å². The van der Waals surface area contributed by atoms with Crippen molar-refractivity contribution in [2.75, 3.05) is 20.1 Å². The summed E-state index contributed by atoms with van der Waals surface area (Å²) >= 11 is 0. The van der Waals surface area contributed by atoms with E-state index in [0.29, 0.717) is 37.0 Å². The maximum atomic E-state index is 12.9. The van der Waals surface area contributed by atoms with E-state index in [1.54, 1.807) is 11.0 Å². The van der Waals surface area contributed by atoms with Crippen molar-refractivity contribution >= 4 is 6.09 Å². The summed E-state index contributed by atoms with van der Waals surface area (Å²) in [4.78, 5) is 30.9. The summed E-state index contributed by atoms with van der Waals surface area (Å²) in [6, 6.07) is 13.8. The molecule has 0 bridgehead atoms. The minimum atomic E-state index is -0.634. The van der Waals surface area contributed by atoms with Crippen molar-refractivity contribution in [3.63, 3.8) is 0 Å². The number of likely N-dealkylation sites (tertiary alicyclic amines) is 2. The number of likely N-dealkylation sites (N-methyl/N-ethyl adjacent to an activating group) is 1. The van der Waals surface area contributed by atoms with Crippen LogP contribution in [-0.2, 0) is 10.2 Å². The zero-order valence-corrected chi connectivity index (χ0v) is 27.9. The van der Waals surface area contributed by atoms with E-state index in [2.05, 4.69) is 33.1 Å². The Morgan fingerprint density at radius 2 is 1.83 bits per heavy atom. The molecule has 46 heavy (non-hydrogen) atoms. The fourth-order valence-electron chi connectivity index (χ4n) is 6.12. The molecular formula is C34H45N7O5. The zero-order chi connectivity index (χ0) is 33.1. The van der Waals surface area contributed by atoms with Crippen molar-refractivity contribution < 1.29 is 23.5 Å². The molecule has 12 nitrogen and oxygen atoms in total. The van der Waals surface area contributed by atoms with E-state index in [9.17, 15) is 10.1 Å². The second-order valence-electron chi connectivity index (χ2n) is 13.7. The van der Waals surface area contributed by atoms with Gasteiger partial charge >= 0.3 is 6.09 Å². The highest BCUT2D eigenvalue weighted by Gasteiger charge is 2.36. The van der Waals surface area contributed by atoms with Gasteiger partial charge in [0.15, 0.2) is 5.82 Å². The number of piperidine rings is 1. The number of hydrogen-bond donors (Lipinski definition) is 0. The van der Waals surface area contributed by atoms with E-state index in [0.717, 1.165) is 24.9 Å². The summed E-state index contributed by atoms with van der Waals surface area (Å²) in [5.74, 6) is 1.49. The fourth-order valence-corrected chi connectivity index (χ4v) is 6.12. The van der Waals surface area contributed by atoms with E-state index in [-0.39, 0.29) is 42.4 Å². The van der Waals surface area contributed by atoms with Crippen LogP contribution in [0.5, 0.6) is 11.8 Å². The third-order valence-corrected chi connectivity index (χ3v) is 8.69. The van der Waals surface area contributed by atoms with Crippen molar-refractivity contribution in [2.45, 2.75) is 109 Å². The molecule has 0 aliphatic carbocycles. The molecule has 4 atom stereocenters. The van der Waals surface area contributed by atoms with E-state index in [4.69, 9.17) is 23.7 Å². The maximum absolute atomic E-state index is 12.9. The first-order valence-electron chi connectivity index (χ1n) is 16.0. The van der Waals surface area contributed by atoms with Crippen LogP contribution >= 0.6 is 0 Å². The first kappa shape index (κ1) is 33.1. The van der Waals surface area contributed by atoms with Crippen LogP contribution in [0.1, 0.15) is 85.0 Å². The lowest BCUT2D eigenvalue weighted by Crippen LogP contribution is -2.50. The van der Waals surface area contributed by atoms with Crippen LogP contribution in [0.2, 0.25) is 0 Å². The first-order valence-corrected chi connectivity index (χ1v) is 16.0. The molecule has 2 aromatic heterocycles. The predicted octanol–water partition coefficient (Wildman–Crippen LogP) is 5.77. The lowest BCUT2D eigenvalue weighted by atomic mass is 9.84. The summed E-state index contributed by atoms with van der Waals surface area (Å²) in [5, 5.41) is 13.8. The minimum Gasteiger partial charge on any atom is -0.474 e. The van der Waals surface area contributed by atoms with E-state index >= 15 is 0 Å². The molecule has 4 heterocycles. The second-order valence-corrected chi connectivity index (χ2v) is 13.7. The van der Waals surface area contributed by atoms with Crippen molar-refractivity contribution in [2.24, 2.45) is 0 Å². The number of nitriles is 1. The Kier molecular flexibility index (Phi) is 9.82. The SMILES string of the molecule is C[C@H](Oc1cc(O[C@H]2CCN(C(=O)OC(C)(C)C)[C@H](CC#N)C2)nc(-c2nc(C(C)(C)c3ccccc3)no2)n1)[C@@H]1CCCN1C. The van der Waals surface area contributed by atoms with Crippen LogP contribution < -0.4 is 9.47 Å². The number of nitrogens with zero attached hydrogens (tertiary/aromatic N) is 7. The summed E-state index contributed by atoms with van der Waals surface area (Å²) in [6.07, 6.45) is 2.44. The van der Waals surface area contributed by atoms with E-state index < -0.39 is 17.1 Å². The van der Waals surface area contributed by atoms with Crippen LogP contribution in [0.15, 0.2) is 40.9 Å². The van der Waals surface area contributed by atoms with Gasteiger partial charge in [0.05, 0.1) is 30.0 Å². The van der Waals surface area contributed by atoms with Gasteiger partial charge in [-0.05, 0) is 73.5 Å². The van der Waals surface area contributed by atoms with Crippen molar-refractivity contribution in [1.82, 2.24) is 29.9 Å². The summed E-state index contributed by atoms with van der Waals surface area (Å²) < 4.78 is 24.1. The Hall–Kier alpha value is -4.24. The molecule has 2 saturated heterocycles. The van der Waals surface area contributed by atoms with E-state index in [1.165, 1.54) is 0 Å². The van der Waals surface area contributed by atoms with Crippen LogP contribution in [0.3, 0.4) is 0 Å². The number of rotatable bonds is 9. The monoisotopic (exact) mass is 631 g/mol. The quantitative estimate of drug-likeness (QED) is 0.284. The largest absolute Gasteiger partial charge is 0.474 e. The second kappa shape index (κ2) is 13.6. The fraction of sp³-hybridized carbons (Fsp3) is 0.588. The molecule has 3 aromatic rings. The number of ether oxygens (including phenoxy) is 3. The molecule has 2 aliphatic rings. The molecule has 0 N–H and O–H groups in total. The van der Waals surface area contributed by atoms with Crippen LogP contribution in [0.25, 0.3) is 11.7 Å². The molecule has 2 aliphatic heterocycles. The Bertz CT molecular complexity index is 1530. The minimum absolute atomic E-state index is 0.129. The smallest absolute Gasteiger partial charge is 0.410 e. The van der Waals surface area contributed by atoms with Crippen LogP contribution in [0, 0.1) is 11.3 Å². The molecule has 1 amide bonds. The standard InChI is InChI=1S/C34H45N7O5/c1-22(26-14-11-18-40(26)7)43-27-21-28(44-25-16-19-41(24(20-25)15-17-35)32(42)45-33(2,3)4)37-29(36-27)30-38-31(39-46-30)34(5,6)23-12-9-8-10-13-23/h8-10,12-13,21-22,24-26H,11,14-16,18-20H2,1-7H3/t22-,24+,25-,26-/m0/s1. The van der Waals surface area contributed by atoms with Crippen molar-refractivity contribution in [3.05, 3.63) is 47.8 Å². The topological polar surface area (TPSA) is 140 Å². The molecule has 0 saturated carbocycles. The third kappa shape index (κ3) is 7.76. The van der Waals surface area contributed by atoms with Gasteiger partial charge in [-0.2, -0.15) is 20.2 Å². The number of hydrogen-bond acceptors (Lipinski definition) is 11. The number of carbonyl (C=O) groups is 1. The number of carbonyl (C=O) groups excluding carboxylic acids is 1. The van der Waals surface area contributed by atoms with Gasteiger partial charge in [0, 0.05) is 25.4 Å². The van der Waals surface area contributed by atoms with Crippen molar-refractivity contribution in [1.29, 1.82) is 5.26 Å². The van der Waals surface area contributed by atoms with Gasteiger partial charge in [-0.25, -0.2) is 4.79 Å². The molecule has 0 radical (unpaired) electrons. The highest BCUT2D eigenvalue weighted by atomic mass is 16.6. The highest BCUT2D eigenvalue weighted by molar-refractivity contribution is 5.68. The highest BCUT2D eigenvalue weighted by Crippen LogP contribution is 2.33. The molecular weight excluding hydrogens is 586 g/mol. The number of amides is 1. The summed E-state index contributed by atoms with van der Waals surface area (Å²) in [5.41, 5.74) is -0.107. The van der Waals surface area contributed by atoms with Gasteiger partial charge in [-0.1, -0.05) is 35.5 Å². The lowest BCUT2D eigenvalue weighted by molar-refractivity contribution is -0.00382. The maximum Gasteiger partial charge on any atom is 0.410 e. The Morgan fingerprint density at radius 1 is 1.09 bits per heavy atom. The van der Waals surface area contributed by atoms with E-state index in [1.807, 2.05) is 71.9 Å². The Balaban J connectivity index is 1.40. The van der Waals surface area contributed by atoms with Gasteiger partial charge in [-0.3, -0.25) is 4.90 Å². The molecule has 246 valence electrons. The predicted molar refractivity (Wildman–Crippen MR) is 170 cm³/mol. The average Bonchev–Trinajstić information content (AvgIpc) is 3.67. The van der Waals surface area contributed by atoms with Gasteiger partial charge in [-0.15, -0.1) is 0 Å². The Morgan fingerprint density at radius 3 is 2.50 bits per heavy atom. The third-order valence-electron chi connectivity index (χ3n) is 8.69. The summed E-state index contributed by atoms with van der Waals surface area (Å²) in [7, 11) is 2.10. The molecule has 5 rings (SSSR count). The molecule has 12 heteroatoms. The first-order chi connectivity index (χ1) is 21.8. The van der Waals surface area contributed by atoms with Gasteiger partial charge in [0.1, 0.15) is 17.8 Å². The molecule has 2 fully saturated rings. The lowest BCUT2D eigenvalue weighted by Gasteiger charge is -2.38. The number of aromatic nitrogens is 4. The molecule has 0 spiro atoms.